The average molecular weight is 184 g/mol. The van der Waals surface area contributed by atoms with Crippen molar-refractivity contribution in [2.24, 2.45) is 11.7 Å². The summed E-state index contributed by atoms with van der Waals surface area (Å²) in [5.41, 5.74) is 5.47. The van der Waals surface area contributed by atoms with Gasteiger partial charge in [-0.1, -0.05) is 13.3 Å². The van der Waals surface area contributed by atoms with Crippen LogP contribution in [0.5, 0.6) is 0 Å². The van der Waals surface area contributed by atoms with E-state index in [1.165, 1.54) is 51.7 Å². The van der Waals surface area contributed by atoms with Crippen LogP contribution in [0.2, 0.25) is 0 Å². The molecule has 1 rings (SSSR count). The van der Waals surface area contributed by atoms with E-state index in [2.05, 4.69) is 11.8 Å². The van der Waals surface area contributed by atoms with Crippen LogP contribution in [0.3, 0.4) is 0 Å². The summed E-state index contributed by atoms with van der Waals surface area (Å²) in [6.45, 7) is 7.09. The van der Waals surface area contributed by atoms with Gasteiger partial charge in [-0.25, -0.2) is 0 Å². The lowest BCUT2D eigenvalue weighted by atomic mass is 10.0. The number of rotatable bonds is 6. The zero-order valence-electron chi connectivity index (χ0n) is 8.97. The van der Waals surface area contributed by atoms with E-state index >= 15 is 0 Å². The third-order valence-corrected chi connectivity index (χ3v) is 3.00. The molecule has 1 aliphatic rings. The molecule has 0 aromatic heterocycles. The van der Waals surface area contributed by atoms with Gasteiger partial charge in [0.05, 0.1) is 0 Å². The molecule has 2 heteroatoms. The van der Waals surface area contributed by atoms with Gasteiger partial charge in [-0.05, 0) is 51.2 Å². The lowest BCUT2D eigenvalue weighted by Crippen LogP contribution is -2.22. The first-order valence-electron chi connectivity index (χ1n) is 5.79. The van der Waals surface area contributed by atoms with E-state index in [0.29, 0.717) is 0 Å². The highest BCUT2D eigenvalue weighted by atomic mass is 15.1. The van der Waals surface area contributed by atoms with Crippen molar-refractivity contribution in [3.05, 3.63) is 0 Å². The maximum atomic E-state index is 5.47. The molecule has 0 spiro atoms. The third-order valence-electron chi connectivity index (χ3n) is 3.00. The molecular formula is C11H24N2. The minimum absolute atomic E-state index is 0.853. The first kappa shape index (κ1) is 11.0. The molecule has 2 nitrogen and oxygen atoms in total. The van der Waals surface area contributed by atoms with Crippen molar-refractivity contribution >= 4 is 0 Å². The summed E-state index contributed by atoms with van der Waals surface area (Å²) in [5, 5.41) is 0. The summed E-state index contributed by atoms with van der Waals surface area (Å²) >= 11 is 0. The van der Waals surface area contributed by atoms with Crippen LogP contribution in [-0.4, -0.2) is 31.1 Å². The fourth-order valence-electron chi connectivity index (χ4n) is 2.24. The van der Waals surface area contributed by atoms with E-state index in [9.17, 15) is 0 Å². The highest BCUT2D eigenvalue weighted by Gasteiger charge is 2.20. The second kappa shape index (κ2) is 6.39. The maximum Gasteiger partial charge on any atom is 0.00101 e. The SMILES string of the molecule is CCCC1CCN(CCCCN)C1. The normalized spacial score (nSPS) is 24.0. The number of nitrogens with two attached hydrogens (primary N) is 1. The molecule has 0 amide bonds. The van der Waals surface area contributed by atoms with Gasteiger partial charge >= 0.3 is 0 Å². The Kier molecular flexibility index (Phi) is 5.40. The largest absolute Gasteiger partial charge is 0.330 e. The number of hydrogen-bond donors (Lipinski definition) is 1. The number of nitrogens with zero attached hydrogens (tertiary/aromatic N) is 1. The highest BCUT2D eigenvalue weighted by Crippen LogP contribution is 2.20. The van der Waals surface area contributed by atoms with Crippen molar-refractivity contribution in [3.63, 3.8) is 0 Å². The van der Waals surface area contributed by atoms with Gasteiger partial charge in [0, 0.05) is 6.54 Å². The Morgan fingerprint density at radius 1 is 1.38 bits per heavy atom. The Hall–Kier alpha value is -0.0800. The molecule has 78 valence electrons. The Morgan fingerprint density at radius 3 is 2.92 bits per heavy atom. The van der Waals surface area contributed by atoms with Gasteiger partial charge in [0.25, 0.3) is 0 Å². The molecule has 1 atom stereocenters. The fraction of sp³-hybridized carbons (Fsp3) is 1.00. The van der Waals surface area contributed by atoms with Gasteiger partial charge in [-0.3, -0.25) is 0 Å². The molecule has 1 heterocycles. The third kappa shape index (κ3) is 4.10. The summed E-state index contributed by atoms with van der Waals surface area (Å²) in [6.07, 6.45) is 6.68. The standard InChI is InChI=1S/C11H24N2/c1-2-5-11-6-9-13(10-11)8-4-3-7-12/h11H,2-10,12H2,1H3. The predicted molar refractivity (Wildman–Crippen MR) is 57.7 cm³/mol. The van der Waals surface area contributed by atoms with Gasteiger partial charge in [0.15, 0.2) is 0 Å². The lowest BCUT2D eigenvalue weighted by molar-refractivity contribution is 0.313. The molecule has 0 aromatic rings. The zero-order valence-corrected chi connectivity index (χ0v) is 8.97. The van der Waals surface area contributed by atoms with Crippen LogP contribution in [0.4, 0.5) is 0 Å². The summed E-state index contributed by atoms with van der Waals surface area (Å²) < 4.78 is 0. The Morgan fingerprint density at radius 2 is 2.23 bits per heavy atom. The summed E-state index contributed by atoms with van der Waals surface area (Å²) in [7, 11) is 0. The van der Waals surface area contributed by atoms with Gasteiger partial charge in [0.2, 0.25) is 0 Å². The van der Waals surface area contributed by atoms with Crippen LogP contribution in [0.25, 0.3) is 0 Å². The number of unbranched alkanes of at least 4 members (excludes halogenated alkanes) is 1. The molecule has 1 saturated heterocycles. The van der Waals surface area contributed by atoms with Gasteiger partial charge in [-0.2, -0.15) is 0 Å². The molecule has 2 N–H and O–H groups in total. The molecule has 0 bridgehead atoms. The topological polar surface area (TPSA) is 29.3 Å². The first-order valence-corrected chi connectivity index (χ1v) is 5.79. The molecule has 1 fully saturated rings. The van der Waals surface area contributed by atoms with Crippen LogP contribution < -0.4 is 5.73 Å². The minimum Gasteiger partial charge on any atom is -0.330 e. The summed E-state index contributed by atoms with van der Waals surface area (Å²) in [4.78, 5) is 2.61. The van der Waals surface area contributed by atoms with Gasteiger partial charge in [0.1, 0.15) is 0 Å². The number of hydrogen-bond acceptors (Lipinski definition) is 2. The Labute approximate surface area is 82.5 Å². The zero-order chi connectivity index (χ0) is 9.52. The molecule has 0 aromatic carbocycles. The highest BCUT2D eigenvalue weighted by molar-refractivity contribution is 4.74. The van der Waals surface area contributed by atoms with Crippen LogP contribution in [0, 0.1) is 5.92 Å². The maximum absolute atomic E-state index is 5.47. The lowest BCUT2D eigenvalue weighted by Gasteiger charge is -2.15. The van der Waals surface area contributed by atoms with Crippen LogP contribution in [0.15, 0.2) is 0 Å². The van der Waals surface area contributed by atoms with Crippen LogP contribution >= 0.6 is 0 Å². The fourth-order valence-corrected chi connectivity index (χ4v) is 2.24. The predicted octanol–water partition coefficient (Wildman–Crippen LogP) is 1.85. The molecule has 1 unspecified atom stereocenters. The van der Waals surface area contributed by atoms with E-state index in [0.717, 1.165) is 12.5 Å². The van der Waals surface area contributed by atoms with E-state index in [1.54, 1.807) is 0 Å². The van der Waals surface area contributed by atoms with Gasteiger partial charge < -0.3 is 10.6 Å². The summed E-state index contributed by atoms with van der Waals surface area (Å²) in [5.74, 6) is 0.989. The molecule has 1 aliphatic heterocycles. The molecule has 13 heavy (non-hydrogen) atoms. The molecular weight excluding hydrogens is 160 g/mol. The Balaban J connectivity index is 2.03. The second-order valence-corrected chi connectivity index (χ2v) is 4.24. The van der Waals surface area contributed by atoms with E-state index in [4.69, 9.17) is 5.73 Å². The van der Waals surface area contributed by atoms with Crippen molar-refractivity contribution in [2.45, 2.75) is 39.0 Å². The van der Waals surface area contributed by atoms with Crippen molar-refractivity contribution < 1.29 is 0 Å². The van der Waals surface area contributed by atoms with E-state index < -0.39 is 0 Å². The molecule has 0 radical (unpaired) electrons. The van der Waals surface area contributed by atoms with Crippen molar-refractivity contribution in [2.75, 3.05) is 26.2 Å². The molecule has 0 saturated carbocycles. The number of likely N-dealkylation sites (tertiary alicyclic amines) is 1. The van der Waals surface area contributed by atoms with Crippen molar-refractivity contribution in [1.29, 1.82) is 0 Å². The average Bonchev–Trinajstić information content (AvgIpc) is 2.54. The molecule has 0 aliphatic carbocycles. The van der Waals surface area contributed by atoms with Gasteiger partial charge in [-0.15, -0.1) is 0 Å². The quantitative estimate of drug-likeness (QED) is 0.638. The minimum atomic E-state index is 0.853. The van der Waals surface area contributed by atoms with E-state index in [1.807, 2.05) is 0 Å². The summed E-state index contributed by atoms with van der Waals surface area (Å²) in [6, 6.07) is 0. The smallest absolute Gasteiger partial charge is 0.00101 e. The van der Waals surface area contributed by atoms with Crippen LogP contribution in [0.1, 0.15) is 39.0 Å². The second-order valence-electron chi connectivity index (χ2n) is 4.24. The Bertz CT molecular complexity index is 125. The first-order chi connectivity index (χ1) is 6.36. The van der Waals surface area contributed by atoms with Crippen LogP contribution in [-0.2, 0) is 0 Å². The van der Waals surface area contributed by atoms with E-state index in [-0.39, 0.29) is 0 Å². The van der Waals surface area contributed by atoms with Crippen molar-refractivity contribution in [3.8, 4) is 0 Å². The monoisotopic (exact) mass is 184 g/mol. The van der Waals surface area contributed by atoms with Crippen molar-refractivity contribution in [1.82, 2.24) is 4.90 Å².